The predicted molar refractivity (Wildman–Crippen MR) is 139 cm³/mol. The molecule has 8 heteroatoms. The minimum atomic E-state index is -0.371. The summed E-state index contributed by atoms with van der Waals surface area (Å²) in [5, 5.41) is 14.0. The minimum absolute atomic E-state index is 0.00423. The summed E-state index contributed by atoms with van der Waals surface area (Å²) < 4.78 is 19.9. The third-order valence-electron chi connectivity index (χ3n) is 6.64. The Labute approximate surface area is 217 Å². The van der Waals surface area contributed by atoms with Crippen LogP contribution in [0.15, 0.2) is 30.3 Å². The van der Waals surface area contributed by atoms with Gasteiger partial charge in [-0.05, 0) is 66.8 Å². The van der Waals surface area contributed by atoms with Gasteiger partial charge in [-0.2, -0.15) is 5.06 Å². The number of carbonyl (C=O) groups is 1. The highest BCUT2D eigenvalue weighted by atomic mass is 35.5. The van der Waals surface area contributed by atoms with Crippen molar-refractivity contribution in [2.75, 3.05) is 18.4 Å². The van der Waals surface area contributed by atoms with Crippen LogP contribution in [-0.4, -0.2) is 29.3 Å². The van der Waals surface area contributed by atoms with Crippen molar-refractivity contribution in [1.29, 1.82) is 0 Å². The molecule has 0 radical (unpaired) electrons. The lowest BCUT2D eigenvalue weighted by molar-refractivity contribution is -0.123. The van der Waals surface area contributed by atoms with Crippen LogP contribution in [0.3, 0.4) is 0 Å². The molecule has 1 amide bonds. The second kappa shape index (κ2) is 12.4. The molecule has 2 N–H and O–H groups in total. The zero-order valence-electron chi connectivity index (χ0n) is 20.7. The van der Waals surface area contributed by atoms with Crippen molar-refractivity contribution in [2.45, 2.75) is 71.1 Å². The Hall–Kier alpha value is -1.86. The van der Waals surface area contributed by atoms with Gasteiger partial charge in [0.05, 0.1) is 10.0 Å². The zero-order valence-corrected chi connectivity index (χ0v) is 22.2. The highest BCUT2D eigenvalue weighted by Gasteiger charge is 2.39. The number of anilines is 1. The van der Waals surface area contributed by atoms with Crippen LogP contribution in [0.4, 0.5) is 10.1 Å². The summed E-state index contributed by atoms with van der Waals surface area (Å²) >= 11 is 12.7. The van der Waals surface area contributed by atoms with Crippen molar-refractivity contribution in [3.8, 4) is 11.5 Å². The van der Waals surface area contributed by atoms with E-state index in [4.69, 9.17) is 27.9 Å². The standard InChI is InChI=1S/C23H25Cl2FN2O3.C4H10/c1-23(4-5-23)15-9-16(26)11-18(10-15)31-22-19(24)12-17(13-20(22)25)27-21(29)8-14-2-6-28(30)7-3-14;1-3-4-2/h9-14,30H,2-8H2,1H3,(H,27,29);3-4H2,1-2H3. The van der Waals surface area contributed by atoms with Gasteiger partial charge in [-0.25, -0.2) is 4.39 Å². The highest BCUT2D eigenvalue weighted by Crippen LogP contribution is 2.49. The minimum Gasteiger partial charge on any atom is -0.454 e. The van der Waals surface area contributed by atoms with Gasteiger partial charge >= 0.3 is 0 Å². The Kier molecular flexibility index (Phi) is 9.82. The number of hydrogen-bond donors (Lipinski definition) is 2. The topological polar surface area (TPSA) is 61.8 Å². The van der Waals surface area contributed by atoms with E-state index in [0.29, 0.717) is 30.9 Å². The third kappa shape index (κ3) is 8.07. The molecule has 4 rings (SSSR count). The Balaban J connectivity index is 0.000000795. The van der Waals surface area contributed by atoms with Gasteiger partial charge in [0.1, 0.15) is 11.6 Å². The number of ether oxygens (including phenoxy) is 1. The number of amides is 1. The average Bonchev–Trinajstić information content (AvgIpc) is 3.56. The summed E-state index contributed by atoms with van der Waals surface area (Å²) in [6, 6.07) is 7.79. The molecule has 0 bridgehead atoms. The molecule has 1 aliphatic carbocycles. The largest absolute Gasteiger partial charge is 0.454 e. The molecule has 2 fully saturated rings. The van der Waals surface area contributed by atoms with Gasteiger partial charge in [0.25, 0.3) is 0 Å². The molecule has 2 aromatic rings. The number of carbonyl (C=O) groups excluding carboxylic acids is 1. The molecular formula is C27H35Cl2FN2O3. The fourth-order valence-corrected chi connectivity index (χ4v) is 4.46. The summed E-state index contributed by atoms with van der Waals surface area (Å²) in [5.41, 5.74) is 1.36. The maximum Gasteiger partial charge on any atom is 0.224 e. The Bertz CT molecular complexity index is 996. The molecule has 192 valence electrons. The van der Waals surface area contributed by atoms with E-state index in [9.17, 15) is 14.4 Å². The van der Waals surface area contributed by atoms with E-state index in [0.717, 1.165) is 31.2 Å². The summed E-state index contributed by atoms with van der Waals surface area (Å²) in [6.07, 6.45) is 6.59. The average molecular weight is 525 g/mol. The number of rotatable bonds is 7. The molecule has 1 saturated heterocycles. The number of hydroxylamine groups is 2. The van der Waals surface area contributed by atoms with Gasteiger partial charge in [-0.3, -0.25) is 4.79 Å². The van der Waals surface area contributed by atoms with Crippen molar-refractivity contribution >= 4 is 34.8 Å². The number of halogens is 3. The van der Waals surface area contributed by atoms with E-state index in [-0.39, 0.29) is 38.9 Å². The van der Waals surface area contributed by atoms with Crippen LogP contribution < -0.4 is 10.1 Å². The number of nitrogens with one attached hydrogen (secondary N) is 1. The van der Waals surface area contributed by atoms with Gasteiger partial charge in [0.2, 0.25) is 5.91 Å². The first-order valence-corrected chi connectivity index (χ1v) is 13.1. The Morgan fingerprint density at radius 2 is 1.71 bits per heavy atom. The number of nitrogens with zero attached hydrogens (tertiary/aromatic N) is 1. The molecule has 2 aliphatic rings. The lowest BCUT2D eigenvalue weighted by Crippen LogP contribution is -2.32. The van der Waals surface area contributed by atoms with Gasteiger partial charge in [-0.15, -0.1) is 0 Å². The molecular weight excluding hydrogens is 490 g/mol. The van der Waals surface area contributed by atoms with E-state index in [1.165, 1.54) is 30.0 Å². The monoisotopic (exact) mass is 524 g/mol. The first kappa shape index (κ1) is 27.7. The SMILES string of the molecule is CC1(c2cc(F)cc(Oc3c(Cl)cc(NC(=O)CC4CCN(O)CC4)cc3Cl)c2)CC1.CCCC. The van der Waals surface area contributed by atoms with Crippen LogP contribution in [0.25, 0.3) is 0 Å². The number of hydrogen-bond acceptors (Lipinski definition) is 4. The van der Waals surface area contributed by atoms with E-state index < -0.39 is 0 Å². The third-order valence-corrected chi connectivity index (χ3v) is 7.20. The molecule has 5 nitrogen and oxygen atoms in total. The van der Waals surface area contributed by atoms with Crippen molar-refractivity contribution in [1.82, 2.24) is 5.06 Å². The van der Waals surface area contributed by atoms with Crippen LogP contribution in [0.5, 0.6) is 11.5 Å². The van der Waals surface area contributed by atoms with Gasteiger partial charge in [-0.1, -0.05) is 56.8 Å². The van der Waals surface area contributed by atoms with Crippen molar-refractivity contribution in [3.63, 3.8) is 0 Å². The molecule has 1 heterocycles. The van der Waals surface area contributed by atoms with Crippen molar-refractivity contribution < 1.29 is 19.1 Å². The van der Waals surface area contributed by atoms with Crippen LogP contribution in [0.2, 0.25) is 10.0 Å². The van der Waals surface area contributed by atoms with Crippen LogP contribution in [0, 0.1) is 11.7 Å². The van der Waals surface area contributed by atoms with Crippen LogP contribution in [0.1, 0.15) is 71.3 Å². The molecule has 0 spiro atoms. The summed E-state index contributed by atoms with van der Waals surface area (Å²) in [5.74, 6) is 0.272. The number of piperidine rings is 1. The smallest absolute Gasteiger partial charge is 0.224 e. The molecule has 35 heavy (non-hydrogen) atoms. The Morgan fingerprint density at radius 1 is 1.11 bits per heavy atom. The molecule has 0 unspecified atom stereocenters. The van der Waals surface area contributed by atoms with Crippen LogP contribution >= 0.6 is 23.2 Å². The van der Waals surface area contributed by atoms with E-state index >= 15 is 0 Å². The van der Waals surface area contributed by atoms with E-state index in [1.54, 1.807) is 12.1 Å². The maximum atomic E-state index is 14.1. The molecule has 0 aromatic heterocycles. The normalized spacial score (nSPS) is 17.3. The summed E-state index contributed by atoms with van der Waals surface area (Å²) in [6.45, 7) is 7.60. The van der Waals surface area contributed by atoms with Gasteiger partial charge in [0.15, 0.2) is 5.75 Å². The lowest BCUT2D eigenvalue weighted by atomic mass is 9.94. The van der Waals surface area contributed by atoms with Crippen molar-refractivity contribution in [2.24, 2.45) is 5.92 Å². The highest BCUT2D eigenvalue weighted by molar-refractivity contribution is 6.37. The van der Waals surface area contributed by atoms with E-state index in [1.807, 2.05) is 6.07 Å². The second-order valence-corrected chi connectivity index (χ2v) is 10.6. The zero-order chi connectivity index (χ0) is 25.6. The summed E-state index contributed by atoms with van der Waals surface area (Å²) in [7, 11) is 0. The second-order valence-electron chi connectivity index (χ2n) is 9.76. The number of benzene rings is 2. The number of unbranched alkanes of at least 4 members (excludes halogenated alkanes) is 1. The molecule has 1 saturated carbocycles. The quantitative estimate of drug-likeness (QED) is 0.382. The molecule has 0 atom stereocenters. The predicted octanol–water partition coefficient (Wildman–Crippen LogP) is 8.21. The van der Waals surface area contributed by atoms with Gasteiger partial charge < -0.3 is 15.3 Å². The fourth-order valence-electron chi connectivity index (χ4n) is 3.89. The molecule has 1 aliphatic heterocycles. The lowest BCUT2D eigenvalue weighted by Gasteiger charge is -2.26. The molecule has 2 aromatic carbocycles. The first-order chi connectivity index (χ1) is 16.6. The maximum absolute atomic E-state index is 14.1. The fraction of sp³-hybridized carbons (Fsp3) is 0.519. The first-order valence-electron chi connectivity index (χ1n) is 12.3. The van der Waals surface area contributed by atoms with Crippen LogP contribution in [-0.2, 0) is 10.2 Å². The van der Waals surface area contributed by atoms with Crippen molar-refractivity contribution in [3.05, 3.63) is 51.8 Å². The van der Waals surface area contributed by atoms with Gasteiger partial charge in [0, 0.05) is 31.3 Å². The summed E-state index contributed by atoms with van der Waals surface area (Å²) in [4.78, 5) is 12.4. The van der Waals surface area contributed by atoms with E-state index in [2.05, 4.69) is 26.1 Å². The Morgan fingerprint density at radius 3 is 2.26 bits per heavy atom.